The molecular formula is C13H13N3O4S. The number of aliphatic carboxylic acids is 1. The standard InChI is InChI=1S/C13H13N3O4S/c1-9-2-3-10(4-5-13(17)18)8-11(9)16-21(19,20)12-6-7-14-15-12/h2-8,16H,1H3,(H,14,15)(H,17,18)/b5-4+. The van der Waals surface area contributed by atoms with Crippen molar-refractivity contribution in [2.45, 2.75) is 11.9 Å². The van der Waals surface area contributed by atoms with E-state index in [1.807, 2.05) is 0 Å². The van der Waals surface area contributed by atoms with E-state index in [1.165, 1.54) is 18.3 Å². The van der Waals surface area contributed by atoms with E-state index in [-0.39, 0.29) is 5.03 Å². The Morgan fingerprint density at radius 3 is 2.76 bits per heavy atom. The minimum absolute atomic E-state index is 0.0478. The maximum Gasteiger partial charge on any atom is 0.328 e. The van der Waals surface area contributed by atoms with Crippen LogP contribution >= 0.6 is 0 Å². The van der Waals surface area contributed by atoms with Gasteiger partial charge >= 0.3 is 5.97 Å². The summed E-state index contributed by atoms with van der Waals surface area (Å²) in [5, 5.41) is 14.5. The van der Waals surface area contributed by atoms with Crippen LogP contribution in [0, 0.1) is 6.92 Å². The minimum atomic E-state index is -3.75. The molecule has 0 bridgehead atoms. The Kier molecular flexibility index (Phi) is 4.08. The summed E-state index contributed by atoms with van der Waals surface area (Å²) < 4.78 is 26.6. The number of carboxylic acid groups (broad SMARTS) is 1. The van der Waals surface area contributed by atoms with E-state index in [4.69, 9.17) is 5.11 Å². The molecule has 2 aromatic rings. The van der Waals surface area contributed by atoms with Crippen molar-refractivity contribution in [1.82, 2.24) is 10.2 Å². The van der Waals surface area contributed by atoms with E-state index >= 15 is 0 Å². The van der Waals surface area contributed by atoms with Crippen molar-refractivity contribution in [2.24, 2.45) is 0 Å². The number of anilines is 1. The lowest BCUT2D eigenvalue weighted by Crippen LogP contribution is -2.14. The van der Waals surface area contributed by atoms with Crippen LogP contribution in [0.1, 0.15) is 11.1 Å². The van der Waals surface area contributed by atoms with Crippen molar-refractivity contribution in [1.29, 1.82) is 0 Å². The summed E-state index contributed by atoms with van der Waals surface area (Å²) in [4.78, 5) is 10.5. The van der Waals surface area contributed by atoms with Gasteiger partial charge in [0, 0.05) is 6.08 Å². The molecule has 0 atom stereocenters. The van der Waals surface area contributed by atoms with Gasteiger partial charge in [-0.1, -0.05) is 12.1 Å². The van der Waals surface area contributed by atoms with Crippen molar-refractivity contribution in [3.8, 4) is 0 Å². The lowest BCUT2D eigenvalue weighted by Gasteiger charge is -2.10. The normalized spacial score (nSPS) is 11.7. The molecule has 0 spiro atoms. The van der Waals surface area contributed by atoms with Crippen LogP contribution in [-0.2, 0) is 14.8 Å². The number of nitrogens with one attached hydrogen (secondary N) is 2. The zero-order valence-corrected chi connectivity index (χ0v) is 11.9. The van der Waals surface area contributed by atoms with Gasteiger partial charge in [0.15, 0.2) is 5.03 Å². The third-order valence-electron chi connectivity index (χ3n) is 2.69. The van der Waals surface area contributed by atoms with Gasteiger partial charge in [-0.05, 0) is 36.3 Å². The molecule has 1 heterocycles. The average molecular weight is 307 g/mol. The summed E-state index contributed by atoms with van der Waals surface area (Å²) in [6, 6.07) is 6.30. The highest BCUT2D eigenvalue weighted by Gasteiger charge is 2.16. The molecule has 21 heavy (non-hydrogen) atoms. The first-order chi connectivity index (χ1) is 9.88. The number of sulfonamides is 1. The Balaban J connectivity index is 2.32. The van der Waals surface area contributed by atoms with E-state index in [0.29, 0.717) is 16.8 Å². The summed E-state index contributed by atoms with van der Waals surface area (Å²) in [5.41, 5.74) is 1.66. The van der Waals surface area contributed by atoms with Crippen molar-refractivity contribution in [2.75, 3.05) is 4.72 Å². The maximum atomic E-state index is 12.1. The molecule has 0 aliphatic carbocycles. The minimum Gasteiger partial charge on any atom is -0.478 e. The molecule has 0 unspecified atom stereocenters. The lowest BCUT2D eigenvalue weighted by atomic mass is 10.1. The number of carbonyl (C=O) groups is 1. The van der Waals surface area contributed by atoms with Crippen LogP contribution in [0.2, 0.25) is 0 Å². The Hall–Kier alpha value is -2.61. The van der Waals surface area contributed by atoms with E-state index < -0.39 is 16.0 Å². The number of carboxylic acids is 1. The van der Waals surface area contributed by atoms with Crippen molar-refractivity contribution >= 4 is 27.8 Å². The predicted octanol–water partition coefficient (Wildman–Crippen LogP) is 1.62. The number of aromatic nitrogens is 2. The quantitative estimate of drug-likeness (QED) is 0.727. The molecule has 1 aromatic heterocycles. The molecule has 0 aliphatic heterocycles. The largest absolute Gasteiger partial charge is 0.478 e. The van der Waals surface area contributed by atoms with Gasteiger partial charge in [-0.25, -0.2) is 4.79 Å². The second kappa shape index (κ2) is 5.80. The van der Waals surface area contributed by atoms with Crippen LogP contribution in [0.15, 0.2) is 41.6 Å². The highest BCUT2D eigenvalue weighted by atomic mass is 32.2. The maximum absolute atomic E-state index is 12.1. The third-order valence-corrected chi connectivity index (χ3v) is 3.98. The molecule has 7 nitrogen and oxygen atoms in total. The fourth-order valence-electron chi connectivity index (χ4n) is 1.61. The number of H-pyrrole nitrogens is 1. The summed E-state index contributed by atoms with van der Waals surface area (Å²) in [7, 11) is -3.75. The first-order valence-corrected chi connectivity index (χ1v) is 7.41. The van der Waals surface area contributed by atoms with E-state index in [9.17, 15) is 13.2 Å². The van der Waals surface area contributed by atoms with Gasteiger partial charge in [-0.2, -0.15) is 13.5 Å². The van der Waals surface area contributed by atoms with E-state index in [2.05, 4.69) is 14.9 Å². The molecule has 0 amide bonds. The Bertz CT molecular complexity index is 780. The van der Waals surface area contributed by atoms with Crippen molar-refractivity contribution in [3.63, 3.8) is 0 Å². The van der Waals surface area contributed by atoms with Crippen LogP contribution in [0.5, 0.6) is 0 Å². The molecule has 0 saturated heterocycles. The number of benzene rings is 1. The SMILES string of the molecule is Cc1ccc(/C=C/C(=O)O)cc1NS(=O)(=O)c1ccn[nH]1. The molecular weight excluding hydrogens is 294 g/mol. The third kappa shape index (κ3) is 3.69. The van der Waals surface area contributed by atoms with Crippen LogP contribution in [0.25, 0.3) is 6.08 Å². The smallest absolute Gasteiger partial charge is 0.328 e. The average Bonchev–Trinajstić information content (AvgIpc) is 2.94. The monoisotopic (exact) mass is 307 g/mol. The Morgan fingerprint density at radius 2 is 2.14 bits per heavy atom. The van der Waals surface area contributed by atoms with E-state index in [0.717, 1.165) is 6.08 Å². The topological polar surface area (TPSA) is 112 Å². The highest BCUT2D eigenvalue weighted by Crippen LogP contribution is 2.21. The summed E-state index contributed by atoms with van der Waals surface area (Å²) in [6.07, 6.45) is 3.71. The van der Waals surface area contributed by atoms with Crippen LogP contribution < -0.4 is 4.72 Å². The van der Waals surface area contributed by atoms with Crippen LogP contribution in [0.3, 0.4) is 0 Å². The first-order valence-electron chi connectivity index (χ1n) is 5.92. The molecule has 0 fully saturated rings. The van der Waals surface area contributed by atoms with Gasteiger partial charge in [0.25, 0.3) is 10.0 Å². The summed E-state index contributed by atoms with van der Waals surface area (Å²) in [5.74, 6) is -1.07. The summed E-state index contributed by atoms with van der Waals surface area (Å²) in [6.45, 7) is 1.75. The molecule has 2 rings (SSSR count). The fraction of sp³-hybridized carbons (Fsp3) is 0.0769. The molecule has 0 aliphatic rings. The lowest BCUT2D eigenvalue weighted by molar-refractivity contribution is -0.131. The molecule has 3 N–H and O–H groups in total. The highest BCUT2D eigenvalue weighted by molar-refractivity contribution is 7.92. The van der Waals surface area contributed by atoms with Gasteiger partial charge in [-0.15, -0.1) is 0 Å². The number of aromatic amines is 1. The van der Waals surface area contributed by atoms with Crippen LogP contribution in [-0.4, -0.2) is 29.7 Å². The molecule has 0 radical (unpaired) electrons. The number of hydrogen-bond acceptors (Lipinski definition) is 4. The molecule has 110 valence electrons. The molecule has 8 heteroatoms. The second-order valence-corrected chi connectivity index (χ2v) is 5.92. The number of hydrogen-bond donors (Lipinski definition) is 3. The van der Waals surface area contributed by atoms with Gasteiger partial charge in [0.05, 0.1) is 11.9 Å². The second-order valence-electron chi connectivity index (χ2n) is 4.27. The number of aryl methyl sites for hydroxylation is 1. The zero-order valence-electron chi connectivity index (χ0n) is 11.1. The Morgan fingerprint density at radius 1 is 1.38 bits per heavy atom. The summed E-state index contributed by atoms with van der Waals surface area (Å²) >= 11 is 0. The van der Waals surface area contributed by atoms with Gasteiger partial charge in [0.2, 0.25) is 0 Å². The van der Waals surface area contributed by atoms with Crippen LogP contribution in [0.4, 0.5) is 5.69 Å². The predicted molar refractivity (Wildman–Crippen MR) is 77.2 cm³/mol. The van der Waals surface area contributed by atoms with Crippen molar-refractivity contribution in [3.05, 3.63) is 47.7 Å². The van der Waals surface area contributed by atoms with Crippen molar-refractivity contribution < 1.29 is 18.3 Å². The van der Waals surface area contributed by atoms with Gasteiger partial charge in [-0.3, -0.25) is 9.82 Å². The fourth-order valence-corrected chi connectivity index (χ4v) is 2.65. The zero-order chi connectivity index (χ0) is 15.5. The number of nitrogens with zero attached hydrogens (tertiary/aromatic N) is 1. The van der Waals surface area contributed by atoms with Gasteiger partial charge < -0.3 is 5.11 Å². The first kappa shape index (κ1) is 14.8. The van der Waals surface area contributed by atoms with Gasteiger partial charge in [0.1, 0.15) is 0 Å². The molecule has 0 saturated carbocycles. The number of rotatable bonds is 5. The van der Waals surface area contributed by atoms with E-state index in [1.54, 1.807) is 25.1 Å². The molecule has 1 aromatic carbocycles. The Labute approximate surface area is 121 Å².